The summed E-state index contributed by atoms with van der Waals surface area (Å²) in [6, 6.07) is 11.1. The van der Waals surface area contributed by atoms with Crippen molar-refractivity contribution in [2.75, 3.05) is 0 Å². The zero-order valence-corrected chi connectivity index (χ0v) is 15.8. The number of carbonyl (C=O) groups is 2. The molecule has 0 aromatic heterocycles. The minimum Gasteiger partial charge on any atom is -0.461 e. The summed E-state index contributed by atoms with van der Waals surface area (Å²) in [5.74, 6) is -1.10. The van der Waals surface area contributed by atoms with Crippen LogP contribution >= 0.6 is 0 Å². The molecule has 0 fully saturated rings. The summed E-state index contributed by atoms with van der Waals surface area (Å²) in [4.78, 5) is 24.8. The molecule has 3 rings (SSSR count). The highest BCUT2D eigenvalue weighted by atomic mass is 16.5. The lowest BCUT2D eigenvalue weighted by Gasteiger charge is -2.14. The van der Waals surface area contributed by atoms with Gasteiger partial charge in [-0.25, -0.2) is 0 Å². The molecule has 0 radical (unpaired) electrons. The molecule has 1 aliphatic rings. The Hall–Kier alpha value is -2.44. The number of benzene rings is 2. The highest BCUT2D eigenvalue weighted by Gasteiger charge is 2.28. The lowest BCUT2D eigenvalue weighted by molar-refractivity contribution is -0.149. The number of fused-ring (bicyclic) bond motifs is 1. The molecule has 1 atom stereocenters. The summed E-state index contributed by atoms with van der Waals surface area (Å²) < 4.78 is 10.6. The van der Waals surface area contributed by atoms with E-state index in [1.807, 2.05) is 32.0 Å². The van der Waals surface area contributed by atoms with Gasteiger partial charge in [-0.2, -0.15) is 0 Å². The molecule has 0 bridgehead atoms. The number of Topliss-reactive ketones (excluding diaryl/α,β-unsaturated/α-hetero) is 1. The van der Waals surface area contributed by atoms with Crippen molar-refractivity contribution in [3.8, 4) is 0 Å². The van der Waals surface area contributed by atoms with E-state index in [2.05, 4.69) is 0 Å². The number of aryl methyl sites for hydroxylation is 2. The summed E-state index contributed by atoms with van der Waals surface area (Å²) >= 11 is 0. The summed E-state index contributed by atoms with van der Waals surface area (Å²) in [6.45, 7) is 6.20. The minimum absolute atomic E-state index is 0.0569. The van der Waals surface area contributed by atoms with Crippen LogP contribution in [-0.2, 0) is 27.4 Å². The number of hydrogen-bond donors (Lipinski definition) is 1. The van der Waals surface area contributed by atoms with Crippen LogP contribution in [0.3, 0.4) is 0 Å². The molecule has 0 saturated carbocycles. The molecule has 2 aromatic carbocycles. The predicted molar refractivity (Wildman–Crippen MR) is 103 cm³/mol. The van der Waals surface area contributed by atoms with Gasteiger partial charge in [-0.3, -0.25) is 9.59 Å². The van der Waals surface area contributed by atoms with E-state index in [-0.39, 0.29) is 18.8 Å². The first-order valence-electron chi connectivity index (χ1n) is 9.04. The maximum atomic E-state index is 12.5. The van der Waals surface area contributed by atoms with Crippen molar-refractivity contribution in [1.29, 1.82) is 0 Å². The molecular weight excluding hydrogens is 343 g/mol. The predicted octanol–water partition coefficient (Wildman–Crippen LogP) is 2.47. The number of carbonyl (C=O) groups excluding carboxylic acids is 2. The van der Waals surface area contributed by atoms with Crippen molar-refractivity contribution >= 4 is 24.3 Å². The Morgan fingerprint density at radius 3 is 2.63 bits per heavy atom. The normalized spacial score (nSPS) is 14.0. The van der Waals surface area contributed by atoms with Crippen LogP contribution in [0.4, 0.5) is 0 Å². The van der Waals surface area contributed by atoms with Crippen molar-refractivity contribution < 1.29 is 24.0 Å². The third kappa shape index (κ3) is 4.29. The first-order valence-corrected chi connectivity index (χ1v) is 9.04. The first kappa shape index (κ1) is 19.3. The van der Waals surface area contributed by atoms with Crippen molar-refractivity contribution in [3.63, 3.8) is 0 Å². The van der Waals surface area contributed by atoms with Crippen LogP contribution in [0.5, 0.6) is 0 Å². The minimum atomic E-state index is -0.993. The Morgan fingerprint density at radius 1 is 1.22 bits per heavy atom. The summed E-state index contributed by atoms with van der Waals surface area (Å²) in [7, 11) is -0.993. The maximum absolute atomic E-state index is 12.5. The van der Waals surface area contributed by atoms with Crippen LogP contribution < -0.4 is 5.46 Å². The monoisotopic (exact) mass is 366 g/mol. The van der Waals surface area contributed by atoms with Gasteiger partial charge in [-0.1, -0.05) is 43.3 Å². The van der Waals surface area contributed by atoms with Crippen LogP contribution in [0.15, 0.2) is 36.4 Å². The lowest BCUT2D eigenvalue weighted by Crippen LogP contribution is -2.29. The average Bonchev–Trinajstić information content (AvgIpc) is 3.01. The molecule has 1 heterocycles. The largest absolute Gasteiger partial charge is 0.491 e. The van der Waals surface area contributed by atoms with Gasteiger partial charge in [0.15, 0.2) is 5.78 Å². The van der Waals surface area contributed by atoms with E-state index in [0.717, 1.165) is 22.3 Å². The van der Waals surface area contributed by atoms with E-state index in [4.69, 9.17) is 9.39 Å². The molecule has 0 saturated heterocycles. The molecule has 27 heavy (non-hydrogen) atoms. The van der Waals surface area contributed by atoms with E-state index in [0.29, 0.717) is 17.6 Å². The van der Waals surface area contributed by atoms with Gasteiger partial charge in [0.1, 0.15) is 6.61 Å². The Labute approximate surface area is 159 Å². The van der Waals surface area contributed by atoms with Gasteiger partial charge in [-0.05, 0) is 41.6 Å². The van der Waals surface area contributed by atoms with E-state index in [9.17, 15) is 14.6 Å². The third-order valence-corrected chi connectivity index (χ3v) is 5.03. The molecule has 140 valence electrons. The van der Waals surface area contributed by atoms with Crippen LogP contribution in [0.1, 0.15) is 46.0 Å². The van der Waals surface area contributed by atoms with E-state index >= 15 is 0 Å². The zero-order valence-electron chi connectivity index (χ0n) is 15.8. The smallest absolute Gasteiger partial charge is 0.461 e. The molecular formula is C21H23BO5. The number of hydrogen-bond acceptors (Lipinski definition) is 5. The SMILES string of the molecule is Cc1cccc(C)c1COC(=O)[C@H](C)CC(=O)c1ccc2c(c1)B(O)OC2. The zero-order chi connectivity index (χ0) is 19.6. The molecule has 6 heteroatoms. The summed E-state index contributed by atoms with van der Waals surface area (Å²) in [5, 5.41) is 9.77. The lowest BCUT2D eigenvalue weighted by atomic mass is 9.78. The molecule has 0 unspecified atom stereocenters. The Bertz CT molecular complexity index is 857. The van der Waals surface area contributed by atoms with Crippen LogP contribution in [0, 0.1) is 19.8 Å². The second-order valence-corrected chi connectivity index (χ2v) is 7.08. The number of ketones is 1. The fourth-order valence-corrected chi connectivity index (χ4v) is 3.23. The highest BCUT2D eigenvalue weighted by Crippen LogP contribution is 2.18. The quantitative estimate of drug-likeness (QED) is 0.483. The van der Waals surface area contributed by atoms with Gasteiger partial charge in [0.05, 0.1) is 12.5 Å². The second kappa shape index (κ2) is 8.07. The topological polar surface area (TPSA) is 72.8 Å². The average molecular weight is 366 g/mol. The Balaban J connectivity index is 1.60. The highest BCUT2D eigenvalue weighted by molar-refractivity contribution is 6.61. The van der Waals surface area contributed by atoms with Crippen molar-refractivity contribution in [3.05, 3.63) is 64.2 Å². The van der Waals surface area contributed by atoms with Gasteiger partial charge in [-0.15, -0.1) is 0 Å². The summed E-state index contributed by atoms with van der Waals surface area (Å²) in [6.07, 6.45) is 0.0569. The van der Waals surface area contributed by atoms with Crippen LogP contribution in [0.2, 0.25) is 0 Å². The van der Waals surface area contributed by atoms with Crippen molar-refractivity contribution in [2.24, 2.45) is 5.92 Å². The van der Waals surface area contributed by atoms with E-state index in [1.165, 1.54) is 0 Å². The molecule has 1 N–H and O–H groups in total. The molecule has 0 aliphatic carbocycles. The van der Waals surface area contributed by atoms with Gasteiger partial charge in [0.25, 0.3) is 0 Å². The molecule has 5 nitrogen and oxygen atoms in total. The maximum Gasteiger partial charge on any atom is 0.491 e. The standard InChI is InChI=1S/C21H23BO5/c1-13-5-4-6-14(2)18(13)12-26-21(24)15(3)9-20(23)16-7-8-17-11-27-22(25)19(17)10-16/h4-8,10,15,25H,9,11-12H2,1-3H3/t15-/m1/s1. The number of esters is 1. The molecule has 2 aromatic rings. The molecule has 0 spiro atoms. The van der Waals surface area contributed by atoms with Crippen LogP contribution in [-0.4, -0.2) is 23.9 Å². The second-order valence-electron chi connectivity index (χ2n) is 7.08. The number of ether oxygens (including phenoxy) is 1. The van der Waals surface area contributed by atoms with Gasteiger partial charge in [0.2, 0.25) is 0 Å². The first-order chi connectivity index (χ1) is 12.9. The number of rotatable bonds is 6. The van der Waals surface area contributed by atoms with Crippen molar-refractivity contribution in [1.82, 2.24) is 0 Å². The Kier molecular flexibility index (Phi) is 5.78. The third-order valence-electron chi connectivity index (χ3n) is 5.03. The van der Waals surface area contributed by atoms with Gasteiger partial charge >= 0.3 is 13.1 Å². The van der Waals surface area contributed by atoms with Gasteiger partial charge in [0, 0.05) is 12.0 Å². The van der Waals surface area contributed by atoms with E-state index < -0.39 is 19.0 Å². The fourth-order valence-electron chi connectivity index (χ4n) is 3.23. The van der Waals surface area contributed by atoms with Gasteiger partial charge < -0.3 is 14.4 Å². The molecule has 0 amide bonds. The van der Waals surface area contributed by atoms with Crippen LogP contribution in [0.25, 0.3) is 0 Å². The fraction of sp³-hybridized carbons (Fsp3) is 0.333. The van der Waals surface area contributed by atoms with E-state index in [1.54, 1.807) is 25.1 Å². The molecule has 1 aliphatic heterocycles. The van der Waals surface area contributed by atoms with Crippen molar-refractivity contribution in [2.45, 2.75) is 40.4 Å². The summed E-state index contributed by atoms with van der Waals surface area (Å²) in [5.41, 5.74) is 5.10. The Morgan fingerprint density at radius 2 is 1.93 bits per heavy atom.